The molecule has 0 aliphatic carbocycles. The van der Waals surface area contributed by atoms with Gasteiger partial charge in [0.2, 0.25) is 0 Å². The minimum Gasteiger partial charge on any atom is -0.329 e. The standard InChI is InChI=1S/C16H25F3N2/c1-13-6-4-7-14(10-13)11-21(3)15(2,12-20)8-5-9-16(17,18)19/h4,6-7,10H,5,8-9,11-12,20H2,1-3H3. The Labute approximate surface area is 125 Å². The lowest BCUT2D eigenvalue weighted by molar-refractivity contribution is -0.136. The number of aryl methyl sites for hydroxylation is 1. The molecule has 0 saturated carbocycles. The summed E-state index contributed by atoms with van der Waals surface area (Å²) in [5.74, 6) is 0. The van der Waals surface area contributed by atoms with E-state index >= 15 is 0 Å². The van der Waals surface area contributed by atoms with Crippen LogP contribution in [0, 0.1) is 6.92 Å². The van der Waals surface area contributed by atoms with Gasteiger partial charge in [-0.1, -0.05) is 29.8 Å². The molecule has 0 aliphatic rings. The van der Waals surface area contributed by atoms with Crippen LogP contribution in [0.5, 0.6) is 0 Å². The highest BCUT2D eigenvalue weighted by Crippen LogP contribution is 2.27. The molecule has 1 aromatic carbocycles. The molecule has 5 heteroatoms. The first-order valence-electron chi connectivity index (χ1n) is 7.20. The number of likely N-dealkylation sites (N-methyl/N-ethyl adjacent to an activating group) is 1. The van der Waals surface area contributed by atoms with Gasteiger partial charge in [0, 0.05) is 25.0 Å². The number of alkyl halides is 3. The maximum Gasteiger partial charge on any atom is 0.389 e. The first-order valence-corrected chi connectivity index (χ1v) is 7.20. The van der Waals surface area contributed by atoms with Crippen LogP contribution >= 0.6 is 0 Å². The van der Waals surface area contributed by atoms with Gasteiger partial charge in [-0.2, -0.15) is 13.2 Å². The van der Waals surface area contributed by atoms with Gasteiger partial charge < -0.3 is 5.73 Å². The molecule has 120 valence electrons. The quantitative estimate of drug-likeness (QED) is 0.828. The highest BCUT2D eigenvalue weighted by atomic mass is 19.4. The molecule has 0 aliphatic heterocycles. The molecule has 0 bridgehead atoms. The first kappa shape index (κ1) is 18.0. The van der Waals surface area contributed by atoms with Gasteiger partial charge in [-0.25, -0.2) is 0 Å². The molecule has 0 amide bonds. The third-order valence-electron chi connectivity index (χ3n) is 4.04. The Hall–Kier alpha value is -1.07. The van der Waals surface area contributed by atoms with E-state index in [4.69, 9.17) is 5.73 Å². The van der Waals surface area contributed by atoms with E-state index in [1.54, 1.807) is 0 Å². The summed E-state index contributed by atoms with van der Waals surface area (Å²) in [6.45, 7) is 4.97. The molecule has 1 atom stereocenters. The van der Waals surface area contributed by atoms with Crippen molar-refractivity contribution in [2.45, 2.75) is 51.4 Å². The molecule has 0 fully saturated rings. The maximum atomic E-state index is 12.3. The predicted molar refractivity (Wildman–Crippen MR) is 80.0 cm³/mol. The van der Waals surface area contributed by atoms with Crippen LogP contribution in [-0.2, 0) is 6.54 Å². The summed E-state index contributed by atoms with van der Waals surface area (Å²) < 4.78 is 36.8. The van der Waals surface area contributed by atoms with E-state index in [9.17, 15) is 13.2 Å². The molecular formula is C16H25F3N2. The van der Waals surface area contributed by atoms with Gasteiger partial charge in [-0.15, -0.1) is 0 Å². The smallest absolute Gasteiger partial charge is 0.329 e. The lowest BCUT2D eigenvalue weighted by Crippen LogP contribution is -2.49. The molecule has 21 heavy (non-hydrogen) atoms. The highest BCUT2D eigenvalue weighted by molar-refractivity contribution is 5.22. The summed E-state index contributed by atoms with van der Waals surface area (Å²) in [5, 5.41) is 0. The van der Waals surface area contributed by atoms with Crippen molar-refractivity contribution in [2.24, 2.45) is 5.73 Å². The van der Waals surface area contributed by atoms with E-state index in [-0.39, 0.29) is 6.42 Å². The van der Waals surface area contributed by atoms with Crippen molar-refractivity contribution < 1.29 is 13.2 Å². The number of benzene rings is 1. The van der Waals surface area contributed by atoms with Crippen LogP contribution in [0.4, 0.5) is 13.2 Å². The van der Waals surface area contributed by atoms with Gasteiger partial charge in [0.15, 0.2) is 0 Å². The fourth-order valence-electron chi connectivity index (χ4n) is 2.39. The van der Waals surface area contributed by atoms with E-state index in [1.165, 1.54) is 5.56 Å². The van der Waals surface area contributed by atoms with Crippen LogP contribution in [0.2, 0.25) is 0 Å². The SMILES string of the molecule is Cc1cccc(CN(C)C(C)(CN)CCCC(F)(F)F)c1. The second-order valence-electron chi connectivity index (χ2n) is 6.01. The van der Waals surface area contributed by atoms with Gasteiger partial charge in [0.1, 0.15) is 0 Å². The minimum absolute atomic E-state index is 0.107. The summed E-state index contributed by atoms with van der Waals surface area (Å²) in [6.07, 6.45) is -4.30. The molecule has 1 aromatic rings. The molecule has 0 spiro atoms. The number of hydrogen-bond donors (Lipinski definition) is 1. The second kappa shape index (κ2) is 7.27. The van der Waals surface area contributed by atoms with Gasteiger partial charge >= 0.3 is 6.18 Å². The number of rotatable bonds is 7. The maximum absolute atomic E-state index is 12.3. The van der Waals surface area contributed by atoms with Crippen LogP contribution < -0.4 is 5.73 Å². The van der Waals surface area contributed by atoms with Crippen molar-refractivity contribution in [3.63, 3.8) is 0 Å². The van der Waals surface area contributed by atoms with Crippen molar-refractivity contribution in [3.8, 4) is 0 Å². The summed E-state index contributed by atoms with van der Waals surface area (Å²) in [5.41, 5.74) is 7.72. The Morgan fingerprint density at radius 2 is 1.86 bits per heavy atom. The zero-order valence-electron chi connectivity index (χ0n) is 13.0. The Morgan fingerprint density at radius 3 is 2.38 bits per heavy atom. The summed E-state index contributed by atoms with van der Waals surface area (Å²) >= 11 is 0. The zero-order chi connectivity index (χ0) is 16.1. The topological polar surface area (TPSA) is 29.3 Å². The summed E-state index contributed by atoms with van der Waals surface area (Å²) in [7, 11) is 1.92. The average Bonchev–Trinajstić information content (AvgIpc) is 2.36. The molecule has 0 aromatic heterocycles. The average molecular weight is 302 g/mol. The number of nitrogens with zero attached hydrogens (tertiary/aromatic N) is 1. The first-order chi connectivity index (χ1) is 9.66. The predicted octanol–water partition coefficient (Wildman–Crippen LogP) is 3.88. The third-order valence-corrected chi connectivity index (χ3v) is 4.04. The monoisotopic (exact) mass is 302 g/mol. The van der Waals surface area contributed by atoms with E-state index < -0.39 is 18.1 Å². The summed E-state index contributed by atoms with van der Waals surface area (Å²) in [4.78, 5) is 2.05. The van der Waals surface area contributed by atoms with Crippen LogP contribution in [0.15, 0.2) is 24.3 Å². The van der Waals surface area contributed by atoms with Crippen molar-refractivity contribution in [3.05, 3.63) is 35.4 Å². The molecular weight excluding hydrogens is 277 g/mol. The number of halogens is 3. The van der Waals surface area contributed by atoms with Crippen molar-refractivity contribution in [2.75, 3.05) is 13.6 Å². The summed E-state index contributed by atoms with van der Waals surface area (Å²) in [6, 6.07) is 8.12. The van der Waals surface area contributed by atoms with Crippen molar-refractivity contribution >= 4 is 0 Å². The fraction of sp³-hybridized carbons (Fsp3) is 0.625. The number of hydrogen-bond acceptors (Lipinski definition) is 2. The van der Waals surface area contributed by atoms with Crippen LogP contribution in [0.25, 0.3) is 0 Å². The second-order valence-corrected chi connectivity index (χ2v) is 6.01. The molecule has 1 unspecified atom stereocenters. The van der Waals surface area contributed by atoms with E-state index in [2.05, 4.69) is 11.0 Å². The minimum atomic E-state index is -4.09. The lowest BCUT2D eigenvalue weighted by Gasteiger charge is -2.38. The Morgan fingerprint density at radius 1 is 1.19 bits per heavy atom. The van der Waals surface area contributed by atoms with Gasteiger partial charge in [-0.3, -0.25) is 4.90 Å². The van der Waals surface area contributed by atoms with Crippen molar-refractivity contribution in [1.29, 1.82) is 0 Å². The van der Waals surface area contributed by atoms with Gasteiger partial charge in [0.25, 0.3) is 0 Å². The fourth-order valence-corrected chi connectivity index (χ4v) is 2.39. The lowest BCUT2D eigenvalue weighted by atomic mass is 9.92. The Bertz CT molecular complexity index is 445. The van der Waals surface area contributed by atoms with E-state index in [0.717, 1.165) is 5.56 Å². The molecule has 0 radical (unpaired) electrons. The van der Waals surface area contributed by atoms with Crippen LogP contribution in [0.3, 0.4) is 0 Å². The molecule has 2 N–H and O–H groups in total. The normalized spacial score (nSPS) is 15.2. The zero-order valence-corrected chi connectivity index (χ0v) is 13.0. The molecule has 0 heterocycles. The molecule has 0 saturated heterocycles. The van der Waals surface area contributed by atoms with Gasteiger partial charge in [-0.05, 0) is 39.3 Å². The molecule has 2 nitrogen and oxygen atoms in total. The Kier molecular flexibility index (Phi) is 6.23. The van der Waals surface area contributed by atoms with Gasteiger partial charge in [0.05, 0.1) is 0 Å². The van der Waals surface area contributed by atoms with Crippen molar-refractivity contribution in [1.82, 2.24) is 4.90 Å². The molecule has 1 rings (SSSR count). The largest absolute Gasteiger partial charge is 0.389 e. The third kappa shape index (κ3) is 6.06. The van der Waals surface area contributed by atoms with Crippen LogP contribution in [-0.4, -0.2) is 30.2 Å². The highest BCUT2D eigenvalue weighted by Gasteiger charge is 2.31. The number of nitrogens with two attached hydrogens (primary N) is 1. The Balaban J connectivity index is 2.64. The van der Waals surface area contributed by atoms with E-state index in [1.807, 2.05) is 39.1 Å². The van der Waals surface area contributed by atoms with E-state index in [0.29, 0.717) is 19.5 Å². The van der Waals surface area contributed by atoms with Crippen LogP contribution in [0.1, 0.15) is 37.3 Å².